The van der Waals surface area contributed by atoms with Crippen molar-refractivity contribution in [2.75, 3.05) is 5.32 Å². The molecule has 158 valence electrons. The first kappa shape index (κ1) is 19.6. The van der Waals surface area contributed by atoms with Crippen molar-refractivity contribution >= 4 is 22.6 Å². The molecule has 0 aliphatic carbocycles. The minimum atomic E-state index is -0.238. The minimum absolute atomic E-state index is 0.238. The molecule has 9 heteroatoms. The van der Waals surface area contributed by atoms with Gasteiger partial charge >= 0.3 is 0 Å². The van der Waals surface area contributed by atoms with Crippen LogP contribution in [0, 0.1) is 0 Å². The molecule has 0 aliphatic heterocycles. The Morgan fingerprint density at radius 3 is 2.59 bits per heavy atom. The number of carbonyl (C=O) groups excluding carboxylic acids is 1. The van der Waals surface area contributed by atoms with E-state index in [4.69, 9.17) is 4.98 Å². The van der Waals surface area contributed by atoms with Gasteiger partial charge in [0.2, 0.25) is 0 Å². The molecule has 0 spiro atoms. The van der Waals surface area contributed by atoms with Crippen LogP contribution >= 0.6 is 0 Å². The molecule has 0 atom stereocenters. The van der Waals surface area contributed by atoms with Gasteiger partial charge in [-0.3, -0.25) is 4.79 Å². The van der Waals surface area contributed by atoms with Crippen molar-refractivity contribution < 1.29 is 4.79 Å². The second-order valence-electron chi connectivity index (χ2n) is 7.28. The molecule has 0 fully saturated rings. The lowest BCUT2D eigenvalue weighted by molar-refractivity contribution is 0.102. The maximum absolute atomic E-state index is 13.4. The third-order valence-electron chi connectivity index (χ3n) is 5.22. The van der Waals surface area contributed by atoms with Crippen molar-refractivity contribution in [1.82, 2.24) is 35.0 Å². The van der Waals surface area contributed by atoms with Crippen LogP contribution in [0.4, 0.5) is 5.69 Å². The second-order valence-corrected chi connectivity index (χ2v) is 7.28. The topological polar surface area (TPSA) is 103 Å². The fraction of sp³-hybridized carbons (Fsp3) is 0.130. The highest BCUT2D eigenvalue weighted by Gasteiger charge is 2.18. The van der Waals surface area contributed by atoms with Gasteiger partial charge < -0.3 is 5.32 Å². The van der Waals surface area contributed by atoms with E-state index in [9.17, 15) is 4.79 Å². The van der Waals surface area contributed by atoms with Gasteiger partial charge in [-0.05, 0) is 35.5 Å². The van der Waals surface area contributed by atoms with Gasteiger partial charge in [-0.15, -0.1) is 5.10 Å². The van der Waals surface area contributed by atoms with E-state index in [-0.39, 0.29) is 5.91 Å². The van der Waals surface area contributed by atoms with Crippen molar-refractivity contribution in [2.24, 2.45) is 7.05 Å². The Balaban J connectivity index is 1.55. The Kier molecular flexibility index (Phi) is 4.91. The number of rotatable bonds is 5. The maximum Gasteiger partial charge on any atom is 0.256 e. The summed E-state index contributed by atoms with van der Waals surface area (Å²) in [5, 5.41) is 19.7. The normalized spacial score (nSPS) is 11.1. The number of aryl methyl sites for hydroxylation is 2. The quantitative estimate of drug-likeness (QED) is 0.463. The van der Waals surface area contributed by atoms with Gasteiger partial charge in [0.25, 0.3) is 5.91 Å². The summed E-state index contributed by atoms with van der Waals surface area (Å²) in [7, 11) is 1.77. The van der Waals surface area contributed by atoms with Crippen LogP contribution in [-0.4, -0.2) is 40.9 Å². The summed E-state index contributed by atoms with van der Waals surface area (Å²) in [5.74, 6) is 0.376. The Morgan fingerprint density at radius 1 is 1.03 bits per heavy atom. The van der Waals surface area contributed by atoms with Crippen LogP contribution < -0.4 is 5.32 Å². The lowest BCUT2D eigenvalue weighted by atomic mass is 10.1. The summed E-state index contributed by atoms with van der Waals surface area (Å²) >= 11 is 0. The molecule has 0 aliphatic rings. The largest absolute Gasteiger partial charge is 0.322 e. The highest BCUT2D eigenvalue weighted by atomic mass is 16.1. The molecule has 9 nitrogen and oxygen atoms in total. The van der Waals surface area contributed by atoms with Crippen LogP contribution in [0.2, 0.25) is 0 Å². The van der Waals surface area contributed by atoms with E-state index in [0.29, 0.717) is 34.7 Å². The molecule has 0 saturated heterocycles. The molecule has 0 unspecified atom stereocenters. The number of carbonyl (C=O) groups is 1. The van der Waals surface area contributed by atoms with E-state index < -0.39 is 0 Å². The standard InChI is InChI=1S/C23H20N8O/c1-3-31-22-19(14-24-31)18(13-20(26-22)15-8-5-4-6-9-15)23(32)25-17-11-7-10-16(12-17)21-27-28-29-30(21)2/h4-14H,3H2,1-2H3,(H,25,32). The first-order chi connectivity index (χ1) is 15.6. The second kappa shape index (κ2) is 8.03. The van der Waals surface area contributed by atoms with Gasteiger partial charge in [0.15, 0.2) is 11.5 Å². The van der Waals surface area contributed by atoms with Crippen LogP contribution in [0.1, 0.15) is 17.3 Å². The van der Waals surface area contributed by atoms with Crippen molar-refractivity contribution in [1.29, 1.82) is 0 Å². The number of pyridine rings is 1. The summed E-state index contributed by atoms with van der Waals surface area (Å²) in [6, 6.07) is 19.0. The van der Waals surface area contributed by atoms with Crippen LogP contribution in [-0.2, 0) is 13.6 Å². The van der Waals surface area contributed by atoms with Gasteiger partial charge in [0, 0.05) is 30.4 Å². The van der Waals surface area contributed by atoms with Gasteiger partial charge in [-0.25, -0.2) is 14.3 Å². The molecule has 5 aromatic rings. The molecular weight excluding hydrogens is 404 g/mol. The number of fused-ring (bicyclic) bond motifs is 1. The number of nitrogens with one attached hydrogen (secondary N) is 1. The number of anilines is 1. The van der Waals surface area contributed by atoms with E-state index in [2.05, 4.69) is 25.9 Å². The summed E-state index contributed by atoms with van der Waals surface area (Å²) in [4.78, 5) is 18.1. The zero-order valence-electron chi connectivity index (χ0n) is 17.6. The number of aromatic nitrogens is 7. The van der Waals surface area contributed by atoms with Gasteiger partial charge in [0.05, 0.1) is 22.8 Å². The number of nitrogens with zero attached hydrogens (tertiary/aromatic N) is 7. The van der Waals surface area contributed by atoms with Crippen LogP contribution in [0.15, 0.2) is 66.9 Å². The minimum Gasteiger partial charge on any atom is -0.322 e. The van der Waals surface area contributed by atoms with Crippen LogP contribution in [0.5, 0.6) is 0 Å². The van der Waals surface area contributed by atoms with E-state index in [1.54, 1.807) is 22.6 Å². The SMILES string of the molecule is CCn1ncc2c(C(=O)Nc3cccc(-c4nnnn4C)c3)cc(-c3ccccc3)nc21. The molecular formula is C23H20N8O. The number of benzene rings is 2. The van der Waals surface area contributed by atoms with E-state index in [0.717, 1.165) is 16.8 Å². The van der Waals surface area contributed by atoms with Crippen molar-refractivity contribution in [3.8, 4) is 22.6 Å². The Morgan fingerprint density at radius 2 is 1.84 bits per heavy atom. The first-order valence-corrected chi connectivity index (χ1v) is 10.2. The molecule has 0 bridgehead atoms. The van der Waals surface area contributed by atoms with Crippen molar-refractivity contribution in [2.45, 2.75) is 13.5 Å². The molecule has 3 heterocycles. The molecule has 32 heavy (non-hydrogen) atoms. The average molecular weight is 424 g/mol. The molecule has 2 aromatic carbocycles. The predicted molar refractivity (Wildman–Crippen MR) is 121 cm³/mol. The summed E-state index contributed by atoms with van der Waals surface area (Å²) in [6.45, 7) is 2.65. The summed E-state index contributed by atoms with van der Waals surface area (Å²) < 4.78 is 3.37. The fourth-order valence-corrected chi connectivity index (χ4v) is 3.63. The lowest BCUT2D eigenvalue weighted by Gasteiger charge is -2.10. The van der Waals surface area contributed by atoms with Crippen LogP contribution in [0.25, 0.3) is 33.7 Å². The van der Waals surface area contributed by atoms with Gasteiger partial charge in [0.1, 0.15) is 0 Å². The first-order valence-electron chi connectivity index (χ1n) is 10.2. The lowest BCUT2D eigenvalue weighted by Crippen LogP contribution is -2.13. The number of tetrazole rings is 1. The zero-order chi connectivity index (χ0) is 22.1. The third kappa shape index (κ3) is 3.49. The van der Waals surface area contributed by atoms with Crippen LogP contribution in [0.3, 0.4) is 0 Å². The Hall–Kier alpha value is -4.40. The van der Waals surface area contributed by atoms with E-state index in [1.165, 1.54) is 0 Å². The maximum atomic E-state index is 13.4. The zero-order valence-corrected chi connectivity index (χ0v) is 17.6. The van der Waals surface area contributed by atoms with Gasteiger partial charge in [-0.1, -0.05) is 42.5 Å². The molecule has 0 saturated carbocycles. The molecule has 3 aromatic heterocycles. The molecule has 1 amide bonds. The molecule has 1 N–H and O–H groups in total. The fourth-order valence-electron chi connectivity index (χ4n) is 3.63. The average Bonchev–Trinajstić information content (AvgIpc) is 3.45. The predicted octanol–water partition coefficient (Wildman–Crippen LogP) is 3.56. The Bertz CT molecular complexity index is 1420. The van der Waals surface area contributed by atoms with Gasteiger partial charge in [-0.2, -0.15) is 5.10 Å². The monoisotopic (exact) mass is 424 g/mol. The van der Waals surface area contributed by atoms with E-state index >= 15 is 0 Å². The summed E-state index contributed by atoms with van der Waals surface area (Å²) in [6.07, 6.45) is 1.69. The smallest absolute Gasteiger partial charge is 0.256 e. The number of hydrogen-bond acceptors (Lipinski definition) is 6. The third-order valence-corrected chi connectivity index (χ3v) is 5.22. The molecule has 0 radical (unpaired) electrons. The highest BCUT2D eigenvalue weighted by Crippen LogP contribution is 2.26. The van der Waals surface area contributed by atoms with Crippen molar-refractivity contribution in [3.63, 3.8) is 0 Å². The molecule has 5 rings (SSSR count). The van der Waals surface area contributed by atoms with Crippen molar-refractivity contribution in [3.05, 3.63) is 72.4 Å². The highest BCUT2D eigenvalue weighted by molar-refractivity contribution is 6.12. The number of hydrogen-bond donors (Lipinski definition) is 1. The summed E-state index contributed by atoms with van der Waals surface area (Å²) in [5.41, 5.74) is 4.29. The Labute approximate surface area is 183 Å². The van der Waals surface area contributed by atoms with E-state index in [1.807, 2.05) is 67.6 Å². The number of amides is 1.